The highest BCUT2D eigenvalue weighted by Gasteiger charge is 2.32. The summed E-state index contributed by atoms with van der Waals surface area (Å²) in [6.07, 6.45) is 0.147. The molecule has 2 rings (SSSR count). The Labute approximate surface area is 229 Å². The first kappa shape index (κ1) is 31.8. The van der Waals surface area contributed by atoms with Crippen molar-refractivity contribution in [2.75, 3.05) is 0 Å². The number of carboxylic acid groups (broad SMARTS) is 3. The fraction of sp³-hybridized carbons (Fsp3) is 0.462. The van der Waals surface area contributed by atoms with Crippen molar-refractivity contribution in [1.29, 1.82) is 0 Å². The van der Waals surface area contributed by atoms with E-state index in [0.29, 0.717) is 0 Å². The summed E-state index contributed by atoms with van der Waals surface area (Å²) >= 11 is 0. The lowest BCUT2D eigenvalue weighted by atomic mass is 10.0. The minimum absolute atomic E-state index is 0.0972. The normalized spacial score (nSPS) is 14.1. The second kappa shape index (κ2) is 14.6. The molecular formula is C26H35N5O9. The highest BCUT2D eigenvalue weighted by atomic mass is 16.4. The van der Waals surface area contributed by atoms with E-state index in [-0.39, 0.29) is 18.8 Å². The fourth-order valence-electron chi connectivity index (χ4n) is 4.07. The molecule has 218 valence electrons. The Morgan fingerprint density at radius 1 is 0.850 bits per heavy atom. The van der Waals surface area contributed by atoms with Gasteiger partial charge in [0, 0.05) is 23.5 Å². The predicted molar refractivity (Wildman–Crippen MR) is 142 cm³/mol. The second-order valence-electron chi connectivity index (χ2n) is 9.85. The average molecular weight is 562 g/mol. The maximum Gasteiger partial charge on any atom is 0.326 e. The fourth-order valence-corrected chi connectivity index (χ4v) is 4.07. The van der Waals surface area contributed by atoms with Crippen LogP contribution >= 0.6 is 0 Å². The van der Waals surface area contributed by atoms with Crippen LogP contribution in [0.15, 0.2) is 30.5 Å². The Morgan fingerprint density at radius 2 is 1.45 bits per heavy atom. The number of aromatic amines is 1. The van der Waals surface area contributed by atoms with Crippen LogP contribution in [0, 0.1) is 5.92 Å². The predicted octanol–water partition coefficient (Wildman–Crippen LogP) is -0.0377. The Balaban J connectivity index is 2.13. The Bertz CT molecular complexity index is 1240. The van der Waals surface area contributed by atoms with Gasteiger partial charge in [0.15, 0.2) is 0 Å². The Hall–Kier alpha value is -4.46. The van der Waals surface area contributed by atoms with Gasteiger partial charge in [0.1, 0.15) is 18.1 Å². The van der Waals surface area contributed by atoms with Crippen molar-refractivity contribution in [2.45, 2.75) is 70.1 Å². The van der Waals surface area contributed by atoms with Crippen LogP contribution in [0.1, 0.15) is 45.1 Å². The number of rotatable bonds is 16. The summed E-state index contributed by atoms with van der Waals surface area (Å²) < 4.78 is 0. The highest BCUT2D eigenvalue weighted by molar-refractivity contribution is 5.96. The number of amides is 3. The SMILES string of the molecule is CC(C)CC(NC(=O)C(N)Cc1c[nH]c2ccccc12)C(=O)NC(CC(=O)O)C(=O)NC(CCC(=O)O)C(=O)O. The van der Waals surface area contributed by atoms with Crippen LogP contribution in [0.25, 0.3) is 10.9 Å². The molecule has 40 heavy (non-hydrogen) atoms. The summed E-state index contributed by atoms with van der Waals surface area (Å²) in [4.78, 5) is 75.5. The molecule has 0 fully saturated rings. The summed E-state index contributed by atoms with van der Waals surface area (Å²) in [6.45, 7) is 3.58. The quantitative estimate of drug-likeness (QED) is 0.136. The van der Waals surface area contributed by atoms with Gasteiger partial charge in [0.25, 0.3) is 0 Å². The summed E-state index contributed by atoms with van der Waals surface area (Å²) in [5, 5.41) is 35.2. The third-order valence-electron chi connectivity index (χ3n) is 6.06. The van der Waals surface area contributed by atoms with E-state index in [4.69, 9.17) is 10.8 Å². The second-order valence-corrected chi connectivity index (χ2v) is 9.85. The van der Waals surface area contributed by atoms with Crippen LogP contribution in [0.2, 0.25) is 0 Å². The molecule has 0 saturated heterocycles. The smallest absolute Gasteiger partial charge is 0.326 e. The number of nitrogens with two attached hydrogens (primary N) is 1. The van der Waals surface area contributed by atoms with Gasteiger partial charge in [-0.1, -0.05) is 32.0 Å². The molecule has 0 aliphatic carbocycles. The molecule has 0 aliphatic heterocycles. The van der Waals surface area contributed by atoms with Gasteiger partial charge in [-0.05, 0) is 36.8 Å². The monoisotopic (exact) mass is 561 g/mol. The van der Waals surface area contributed by atoms with Crippen LogP contribution in [0.4, 0.5) is 0 Å². The lowest BCUT2D eigenvalue weighted by molar-refractivity contribution is -0.144. The Morgan fingerprint density at radius 3 is 2.05 bits per heavy atom. The summed E-state index contributed by atoms with van der Waals surface area (Å²) in [6, 6.07) is 1.96. The molecule has 1 aromatic carbocycles. The molecule has 0 bridgehead atoms. The molecule has 14 heteroatoms. The molecule has 14 nitrogen and oxygen atoms in total. The van der Waals surface area contributed by atoms with E-state index in [1.165, 1.54) is 0 Å². The van der Waals surface area contributed by atoms with Gasteiger partial charge in [-0.2, -0.15) is 0 Å². The van der Waals surface area contributed by atoms with Gasteiger partial charge in [-0.3, -0.25) is 24.0 Å². The van der Waals surface area contributed by atoms with Crippen molar-refractivity contribution >= 4 is 46.5 Å². The van der Waals surface area contributed by atoms with E-state index in [1.54, 1.807) is 20.0 Å². The van der Waals surface area contributed by atoms with E-state index < -0.39 is 79.1 Å². The summed E-state index contributed by atoms with van der Waals surface area (Å²) in [5.74, 6) is -6.98. The zero-order valence-electron chi connectivity index (χ0n) is 22.2. The van der Waals surface area contributed by atoms with Gasteiger partial charge < -0.3 is 42.0 Å². The molecule has 1 heterocycles. The number of hydrogen-bond acceptors (Lipinski definition) is 7. The molecule has 0 saturated carbocycles. The number of aromatic nitrogens is 1. The topological polar surface area (TPSA) is 241 Å². The zero-order chi connectivity index (χ0) is 30.0. The van der Waals surface area contributed by atoms with Crippen LogP contribution in [-0.2, 0) is 35.2 Å². The maximum atomic E-state index is 13.1. The number of nitrogens with one attached hydrogen (secondary N) is 4. The minimum Gasteiger partial charge on any atom is -0.481 e. The summed E-state index contributed by atoms with van der Waals surface area (Å²) in [7, 11) is 0. The standard InChI is InChI=1S/C26H35N5O9/c1-13(2)9-19(30-23(36)16(27)10-14-12-28-17-6-4-3-5-15(14)17)24(37)31-20(11-22(34)35)25(38)29-18(26(39)40)7-8-21(32)33/h3-6,12-13,16,18-20,28H,7-11,27H2,1-2H3,(H,29,38)(H,30,36)(H,31,37)(H,32,33)(H,34,35)(H,39,40). The van der Waals surface area contributed by atoms with Crippen molar-refractivity contribution in [1.82, 2.24) is 20.9 Å². The van der Waals surface area contributed by atoms with Crippen LogP contribution < -0.4 is 21.7 Å². The number of hydrogen-bond donors (Lipinski definition) is 8. The van der Waals surface area contributed by atoms with Crippen molar-refractivity contribution in [3.63, 3.8) is 0 Å². The number of fused-ring (bicyclic) bond motifs is 1. The van der Waals surface area contributed by atoms with Gasteiger partial charge in [-0.15, -0.1) is 0 Å². The van der Waals surface area contributed by atoms with Crippen LogP contribution in [0.3, 0.4) is 0 Å². The maximum absolute atomic E-state index is 13.1. The van der Waals surface area contributed by atoms with Crippen LogP contribution in [-0.4, -0.2) is 80.1 Å². The first-order valence-corrected chi connectivity index (χ1v) is 12.7. The molecule has 0 radical (unpaired) electrons. The molecule has 2 aromatic rings. The molecule has 4 atom stereocenters. The molecule has 1 aromatic heterocycles. The van der Waals surface area contributed by atoms with Crippen LogP contribution in [0.5, 0.6) is 0 Å². The van der Waals surface area contributed by atoms with Gasteiger partial charge in [-0.25, -0.2) is 4.79 Å². The van der Waals surface area contributed by atoms with E-state index in [2.05, 4.69) is 20.9 Å². The number of carbonyl (C=O) groups excluding carboxylic acids is 3. The molecular weight excluding hydrogens is 526 g/mol. The van der Waals surface area contributed by atoms with E-state index in [0.717, 1.165) is 16.5 Å². The zero-order valence-corrected chi connectivity index (χ0v) is 22.2. The first-order chi connectivity index (χ1) is 18.8. The lowest BCUT2D eigenvalue weighted by Crippen LogP contribution is -2.57. The molecule has 0 aliphatic rings. The van der Waals surface area contributed by atoms with E-state index >= 15 is 0 Å². The van der Waals surface area contributed by atoms with Gasteiger partial charge in [0.2, 0.25) is 17.7 Å². The van der Waals surface area contributed by atoms with E-state index in [9.17, 15) is 39.0 Å². The first-order valence-electron chi connectivity index (χ1n) is 12.7. The Kier molecular flexibility index (Phi) is 11.6. The summed E-state index contributed by atoms with van der Waals surface area (Å²) in [5.41, 5.74) is 7.81. The van der Waals surface area contributed by atoms with E-state index in [1.807, 2.05) is 24.3 Å². The minimum atomic E-state index is -1.69. The average Bonchev–Trinajstić information content (AvgIpc) is 3.27. The highest BCUT2D eigenvalue weighted by Crippen LogP contribution is 2.19. The van der Waals surface area contributed by atoms with Crippen molar-refractivity contribution < 1.29 is 44.1 Å². The molecule has 9 N–H and O–H groups in total. The third-order valence-corrected chi connectivity index (χ3v) is 6.06. The van der Waals surface area contributed by atoms with Crippen molar-refractivity contribution in [3.05, 3.63) is 36.0 Å². The van der Waals surface area contributed by atoms with Crippen molar-refractivity contribution in [3.8, 4) is 0 Å². The molecule has 3 amide bonds. The lowest BCUT2D eigenvalue weighted by Gasteiger charge is -2.25. The number of carboxylic acids is 3. The molecule has 0 spiro atoms. The third kappa shape index (κ3) is 9.69. The number of H-pyrrole nitrogens is 1. The number of benzene rings is 1. The largest absolute Gasteiger partial charge is 0.481 e. The number of aliphatic carboxylic acids is 3. The molecule has 4 unspecified atom stereocenters. The van der Waals surface area contributed by atoms with Crippen molar-refractivity contribution in [2.24, 2.45) is 11.7 Å². The number of para-hydroxylation sites is 1. The van der Waals surface area contributed by atoms with Gasteiger partial charge in [0.05, 0.1) is 12.5 Å². The number of carbonyl (C=O) groups is 6. The van der Waals surface area contributed by atoms with Gasteiger partial charge >= 0.3 is 17.9 Å².